The highest BCUT2D eigenvalue weighted by molar-refractivity contribution is 6.30. The highest BCUT2D eigenvalue weighted by atomic mass is 35.5. The summed E-state index contributed by atoms with van der Waals surface area (Å²) in [5, 5.41) is 0.594. The molecule has 26 heavy (non-hydrogen) atoms. The first kappa shape index (κ1) is 16.0. The summed E-state index contributed by atoms with van der Waals surface area (Å²) in [4.78, 5) is 6.64. The predicted molar refractivity (Wildman–Crippen MR) is 96.9 cm³/mol. The molecule has 0 saturated carbocycles. The zero-order valence-electron chi connectivity index (χ0n) is 14.2. The molecule has 2 aliphatic heterocycles. The van der Waals surface area contributed by atoms with Gasteiger partial charge in [0.05, 0.1) is 24.2 Å². The van der Waals surface area contributed by atoms with E-state index in [-0.39, 0.29) is 5.82 Å². The molecule has 3 aromatic rings. The van der Waals surface area contributed by atoms with Crippen molar-refractivity contribution in [3.05, 3.63) is 82.1 Å². The van der Waals surface area contributed by atoms with Crippen LogP contribution in [-0.4, -0.2) is 27.6 Å². The van der Waals surface area contributed by atoms with Gasteiger partial charge in [0.2, 0.25) is 0 Å². The van der Waals surface area contributed by atoms with Crippen LogP contribution in [0.2, 0.25) is 5.02 Å². The van der Waals surface area contributed by atoms with Crippen molar-refractivity contribution in [2.75, 3.05) is 13.2 Å². The fraction of sp³-hybridized carbons (Fsp3) is 0.250. The van der Waals surface area contributed by atoms with Gasteiger partial charge in [-0.05, 0) is 31.2 Å². The van der Waals surface area contributed by atoms with E-state index in [9.17, 15) is 4.39 Å². The Labute approximate surface area is 155 Å². The lowest BCUT2D eigenvalue weighted by Gasteiger charge is -2.37. The number of hydrogen-bond acceptors (Lipinski definition) is 3. The number of fused-ring (bicyclic) bond motifs is 5. The Bertz CT molecular complexity index is 1020. The molecule has 1 fully saturated rings. The van der Waals surface area contributed by atoms with Gasteiger partial charge < -0.3 is 4.74 Å². The fourth-order valence-electron chi connectivity index (χ4n) is 4.22. The Morgan fingerprint density at radius 2 is 2.04 bits per heavy atom. The van der Waals surface area contributed by atoms with Crippen molar-refractivity contribution >= 4 is 11.6 Å². The van der Waals surface area contributed by atoms with Gasteiger partial charge in [0, 0.05) is 29.2 Å². The molecule has 0 radical (unpaired) electrons. The Balaban J connectivity index is 1.89. The number of aryl methyl sites for hydroxylation is 1. The normalized spacial score (nSPS) is 21.8. The van der Waals surface area contributed by atoms with Gasteiger partial charge in [-0.3, -0.25) is 9.47 Å². The maximum absolute atomic E-state index is 14.9. The molecule has 3 heterocycles. The number of nitrogens with zero attached hydrogens (tertiary/aromatic N) is 3. The summed E-state index contributed by atoms with van der Waals surface area (Å²) in [6, 6.07) is 12.5. The van der Waals surface area contributed by atoms with Crippen molar-refractivity contribution in [2.45, 2.75) is 19.2 Å². The second-order valence-corrected chi connectivity index (χ2v) is 7.12. The van der Waals surface area contributed by atoms with Gasteiger partial charge in [-0.25, -0.2) is 9.37 Å². The third-order valence-corrected chi connectivity index (χ3v) is 5.52. The molecule has 0 aliphatic carbocycles. The number of benzene rings is 2. The maximum Gasteiger partial charge on any atom is 0.179 e. The number of ether oxygens (including phenoxy) is 1. The molecule has 1 saturated heterocycles. The summed E-state index contributed by atoms with van der Waals surface area (Å²) in [7, 11) is 0. The van der Waals surface area contributed by atoms with E-state index in [0.717, 1.165) is 22.8 Å². The smallest absolute Gasteiger partial charge is 0.179 e. The van der Waals surface area contributed by atoms with Gasteiger partial charge >= 0.3 is 0 Å². The van der Waals surface area contributed by atoms with Gasteiger partial charge in [-0.15, -0.1) is 0 Å². The van der Waals surface area contributed by atoms with Crippen molar-refractivity contribution < 1.29 is 9.13 Å². The Morgan fingerprint density at radius 1 is 1.19 bits per heavy atom. The van der Waals surface area contributed by atoms with E-state index in [2.05, 4.69) is 14.5 Å². The molecular weight excluding hydrogens is 353 g/mol. The summed E-state index contributed by atoms with van der Waals surface area (Å²) >= 11 is 6.36. The summed E-state index contributed by atoms with van der Waals surface area (Å²) < 4.78 is 23.3. The van der Waals surface area contributed by atoms with E-state index in [1.54, 1.807) is 12.1 Å². The van der Waals surface area contributed by atoms with Crippen LogP contribution in [-0.2, 0) is 17.0 Å². The van der Waals surface area contributed by atoms with Crippen LogP contribution in [0.5, 0.6) is 0 Å². The van der Waals surface area contributed by atoms with E-state index in [1.807, 2.05) is 37.4 Å². The first-order valence-electron chi connectivity index (χ1n) is 8.59. The maximum atomic E-state index is 14.9. The Morgan fingerprint density at radius 3 is 2.88 bits per heavy atom. The SMILES string of the molecule is Cc1ncc2n1-c1ccc(Cl)cc1C1(c3ccccc3F)OCCN1C2. The van der Waals surface area contributed by atoms with E-state index in [0.29, 0.717) is 30.3 Å². The highest BCUT2D eigenvalue weighted by Crippen LogP contribution is 2.47. The van der Waals surface area contributed by atoms with E-state index in [1.165, 1.54) is 6.07 Å². The zero-order valence-corrected chi connectivity index (χ0v) is 15.0. The second kappa shape index (κ2) is 5.64. The molecule has 2 aliphatic rings. The number of aromatic nitrogens is 2. The van der Waals surface area contributed by atoms with Crippen LogP contribution < -0.4 is 0 Å². The molecule has 132 valence electrons. The minimum absolute atomic E-state index is 0.285. The van der Waals surface area contributed by atoms with Gasteiger partial charge in [0.25, 0.3) is 0 Å². The molecule has 0 amide bonds. The summed E-state index contributed by atoms with van der Waals surface area (Å²) in [6.07, 6.45) is 1.88. The standard InChI is InChI=1S/C20H17ClFN3O/c1-13-23-11-15-12-24-8-9-26-20(24,16-4-2-3-5-18(16)22)17-10-14(21)6-7-19(17)25(13)15/h2-7,10-11H,8-9,12H2,1H3. The molecule has 0 spiro atoms. The lowest BCUT2D eigenvalue weighted by atomic mass is 9.91. The zero-order chi connectivity index (χ0) is 17.9. The van der Waals surface area contributed by atoms with Crippen molar-refractivity contribution in [1.29, 1.82) is 0 Å². The first-order chi connectivity index (χ1) is 12.6. The minimum Gasteiger partial charge on any atom is -0.350 e. The summed E-state index contributed by atoms with van der Waals surface area (Å²) in [5.74, 6) is 0.597. The van der Waals surface area contributed by atoms with Crippen LogP contribution in [0.1, 0.15) is 22.6 Å². The van der Waals surface area contributed by atoms with Crippen LogP contribution in [0, 0.1) is 12.7 Å². The van der Waals surface area contributed by atoms with Crippen molar-refractivity contribution in [3.8, 4) is 5.69 Å². The molecule has 2 aromatic carbocycles. The summed E-state index contributed by atoms with van der Waals surface area (Å²) in [5.41, 5.74) is 2.32. The topological polar surface area (TPSA) is 30.3 Å². The van der Waals surface area contributed by atoms with Crippen LogP contribution in [0.4, 0.5) is 4.39 Å². The minimum atomic E-state index is -1.00. The molecule has 0 bridgehead atoms. The average Bonchev–Trinajstić information content (AvgIpc) is 3.18. The van der Waals surface area contributed by atoms with Crippen molar-refractivity contribution in [1.82, 2.24) is 14.5 Å². The molecule has 4 nitrogen and oxygen atoms in total. The second-order valence-electron chi connectivity index (χ2n) is 6.69. The van der Waals surface area contributed by atoms with Crippen LogP contribution in [0.25, 0.3) is 5.69 Å². The van der Waals surface area contributed by atoms with Crippen molar-refractivity contribution in [2.24, 2.45) is 0 Å². The Hall–Kier alpha value is -2.21. The molecule has 1 aromatic heterocycles. The molecular formula is C20H17ClFN3O. The molecule has 5 rings (SSSR count). The number of rotatable bonds is 1. The largest absolute Gasteiger partial charge is 0.350 e. The van der Waals surface area contributed by atoms with Gasteiger partial charge in [-0.2, -0.15) is 0 Å². The Kier molecular flexibility index (Phi) is 3.47. The molecule has 1 atom stereocenters. The molecule has 6 heteroatoms. The highest BCUT2D eigenvalue weighted by Gasteiger charge is 2.50. The quantitative estimate of drug-likeness (QED) is 0.649. The van der Waals surface area contributed by atoms with Crippen LogP contribution in [0.15, 0.2) is 48.7 Å². The predicted octanol–water partition coefficient (Wildman–Crippen LogP) is 4.02. The number of halogens is 2. The monoisotopic (exact) mass is 369 g/mol. The van der Waals surface area contributed by atoms with Crippen LogP contribution in [0.3, 0.4) is 0 Å². The van der Waals surface area contributed by atoms with E-state index < -0.39 is 5.72 Å². The number of hydrogen-bond donors (Lipinski definition) is 0. The number of imidazole rings is 1. The average molecular weight is 370 g/mol. The van der Waals surface area contributed by atoms with Crippen molar-refractivity contribution in [3.63, 3.8) is 0 Å². The fourth-order valence-corrected chi connectivity index (χ4v) is 4.39. The van der Waals surface area contributed by atoms with Crippen LogP contribution >= 0.6 is 11.6 Å². The molecule has 1 unspecified atom stereocenters. The first-order valence-corrected chi connectivity index (χ1v) is 8.97. The lowest BCUT2D eigenvalue weighted by Crippen LogP contribution is -2.43. The van der Waals surface area contributed by atoms with Gasteiger partial charge in [-0.1, -0.05) is 29.8 Å². The van der Waals surface area contributed by atoms with E-state index in [4.69, 9.17) is 16.3 Å². The van der Waals surface area contributed by atoms with Gasteiger partial charge in [0.1, 0.15) is 11.6 Å². The summed E-state index contributed by atoms with van der Waals surface area (Å²) in [6.45, 7) is 3.80. The third-order valence-electron chi connectivity index (χ3n) is 5.29. The third kappa shape index (κ3) is 2.05. The van der Waals surface area contributed by atoms with Gasteiger partial charge in [0.15, 0.2) is 5.72 Å². The van der Waals surface area contributed by atoms with E-state index >= 15 is 0 Å². The lowest BCUT2D eigenvalue weighted by molar-refractivity contribution is -0.0572. The molecule has 0 N–H and O–H groups in total.